The van der Waals surface area contributed by atoms with E-state index in [4.69, 9.17) is 10.5 Å². The van der Waals surface area contributed by atoms with Crippen molar-refractivity contribution >= 4 is 34.6 Å². The number of anilines is 1. The Morgan fingerprint density at radius 1 is 1.03 bits per heavy atom. The fourth-order valence-electron chi connectivity index (χ4n) is 3.22. The van der Waals surface area contributed by atoms with Crippen molar-refractivity contribution in [3.05, 3.63) is 95.3 Å². The largest absolute Gasteiger partial charge is 0.443 e. The summed E-state index contributed by atoms with van der Waals surface area (Å²) in [5.74, 6) is 0.637. The summed E-state index contributed by atoms with van der Waals surface area (Å²) in [5, 5.41) is 2.87. The second-order valence-corrected chi connectivity index (χ2v) is 7.34. The lowest BCUT2D eigenvalue weighted by atomic mass is 10.1. The summed E-state index contributed by atoms with van der Waals surface area (Å²) in [6.07, 6.45) is 0.0264. The van der Waals surface area contributed by atoms with E-state index in [-0.39, 0.29) is 18.3 Å². The van der Waals surface area contributed by atoms with Crippen LogP contribution in [-0.2, 0) is 17.8 Å². The van der Waals surface area contributed by atoms with E-state index < -0.39 is 6.09 Å². The van der Waals surface area contributed by atoms with Crippen LogP contribution in [0.2, 0.25) is 0 Å². The molecule has 0 spiro atoms. The first kappa shape index (κ1) is 21.8. The number of amides is 2. The highest BCUT2D eigenvalue weighted by atomic mass is 16.5. The number of nitrogens with two attached hydrogens (primary N) is 1. The molecule has 0 saturated carbocycles. The lowest BCUT2D eigenvalue weighted by Crippen LogP contribution is -2.17. The third-order valence-corrected chi connectivity index (χ3v) is 4.98. The molecule has 0 radical (unpaired) electrons. The van der Waals surface area contributed by atoms with Crippen molar-refractivity contribution in [3.8, 4) is 0 Å². The Morgan fingerprint density at radius 3 is 2.48 bits per heavy atom. The molecule has 1 heterocycles. The number of carbonyl (C=O) groups excluding carboxylic acids is 2. The van der Waals surface area contributed by atoms with Crippen LogP contribution in [0.3, 0.4) is 0 Å². The van der Waals surface area contributed by atoms with Gasteiger partial charge >= 0.3 is 6.09 Å². The van der Waals surface area contributed by atoms with Crippen LogP contribution in [0.15, 0.2) is 77.8 Å². The van der Waals surface area contributed by atoms with Crippen LogP contribution in [0, 0.1) is 0 Å². The second-order valence-electron chi connectivity index (χ2n) is 7.34. The van der Waals surface area contributed by atoms with E-state index in [1.165, 1.54) is 0 Å². The Hall–Kier alpha value is -4.46. The van der Waals surface area contributed by atoms with Gasteiger partial charge in [0.1, 0.15) is 18.3 Å². The van der Waals surface area contributed by atoms with Crippen LogP contribution >= 0.6 is 0 Å². The van der Waals surface area contributed by atoms with E-state index in [9.17, 15) is 9.59 Å². The molecule has 3 aromatic carbocycles. The maximum absolute atomic E-state index is 12.6. The lowest BCUT2D eigenvalue weighted by molar-refractivity contribution is 0.102. The molecule has 166 valence electrons. The molecule has 0 fully saturated rings. The van der Waals surface area contributed by atoms with Crippen molar-refractivity contribution in [2.75, 3.05) is 5.32 Å². The summed E-state index contributed by atoms with van der Waals surface area (Å²) in [6.45, 7) is 2.13. The van der Waals surface area contributed by atoms with Gasteiger partial charge in [0, 0.05) is 23.2 Å². The van der Waals surface area contributed by atoms with Gasteiger partial charge in [-0.15, -0.1) is 0 Å². The first-order valence-corrected chi connectivity index (χ1v) is 10.5. The number of ether oxygens (including phenoxy) is 1. The van der Waals surface area contributed by atoms with Gasteiger partial charge in [-0.1, -0.05) is 49.4 Å². The number of aryl methyl sites for hydroxylation is 1. The van der Waals surface area contributed by atoms with E-state index in [2.05, 4.69) is 20.3 Å². The van der Waals surface area contributed by atoms with E-state index >= 15 is 0 Å². The third kappa shape index (κ3) is 5.43. The Morgan fingerprint density at radius 2 is 1.76 bits per heavy atom. The standard InChI is InChI=1S/C25H23N5O3/c1-2-22-28-20-13-12-19(14-21(20)29-22)27-24(31)18-10-8-17(9-11-18)23(26)30-25(32)33-15-16-6-4-3-5-7-16/h3-14H,2,15H2,1H3,(H,27,31)(H,28,29)(H2,26,30,32). The number of aliphatic imine (C=N–C) groups is 1. The van der Waals surface area contributed by atoms with Gasteiger partial charge in [0.2, 0.25) is 0 Å². The highest BCUT2D eigenvalue weighted by Gasteiger charge is 2.10. The highest BCUT2D eigenvalue weighted by Crippen LogP contribution is 2.18. The summed E-state index contributed by atoms with van der Waals surface area (Å²) >= 11 is 0. The van der Waals surface area contributed by atoms with E-state index in [1.807, 2.05) is 49.4 Å². The van der Waals surface area contributed by atoms with Gasteiger partial charge in [-0.3, -0.25) is 4.79 Å². The van der Waals surface area contributed by atoms with Crippen molar-refractivity contribution in [1.82, 2.24) is 9.97 Å². The number of hydrogen-bond donors (Lipinski definition) is 3. The molecular formula is C25H23N5O3. The number of aromatic nitrogens is 2. The Bertz CT molecular complexity index is 1310. The van der Waals surface area contributed by atoms with E-state index in [1.54, 1.807) is 30.3 Å². The molecule has 0 atom stereocenters. The number of imidazole rings is 1. The zero-order chi connectivity index (χ0) is 23.2. The zero-order valence-electron chi connectivity index (χ0n) is 18.0. The monoisotopic (exact) mass is 441 g/mol. The lowest BCUT2D eigenvalue weighted by Gasteiger charge is -2.07. The normalized spacial score (nSPS) is 11.4. The molecule has 8 nitrogen and oxygen atoms in total. The topological polar surface area (TPSA) is 122 Å². The predicted octanol–water partition coefficient (Wildman–Crippen LogP) is 4.42. The first-order chi connectivity index (χ1) is 16.0. The van der Waals surface area contributed by atoms with Gasteiger partial charge in [0.05, 0.1) is 11.0 Å². The first-order valence-electron chi connectivity index (χ1n) is 10.5. The number of carbonyl (C=O) groups is 2. The minimum atomic E-state index is -0.779. The van der Waals surface area contributed by atoms with Gasteiger partial charge < -0.3 is 20.8 Å². The van der Waals surface area contributed by atoms with Crippen LogP contribution in [0.25, 0.3) is 11.0 Å². The number of rotatable bonds is 6. The molecule has 0 saturated heterocycles. The number of aromatic amines is 1. The van der Waals surface area contributed by atoms with Crippen LogP contribution in [0.1, 0.15) is 34.2 Å². The number of nitrogens with one attached hydrogen (secondary N) is 2. The number of benzene rings is 3. The van der Waals surface area contributed by atoms with Crippen LogP contribution in [-0.4, -0.2) is 27.8 Å². The number of amidine groups is 1. The molecule has 8 heteroatoms. The van der Waals surface area contributed by atoms with Crippen molar-refractivity contribution in [2.24, 2.45) is 10.7 Å². The molecule has 1 aromatic heterocycles. The van der Waals surface area contributed by atoms with Gasteiger partial charge in [0.25, 0.3) is 5.91 Å². The summed E-state index contributed by atoms with van der Waals surface area (Å²) in [5.41, 5.74) is 10.1. The molecule has 2 amide bonds. The Labute approximate surface area is 190 Å². The highest BCUT2D eigenvalue weighted by molar-refractivity contribution is 6.07. The van der Waals surface area contributed by atoms with Gasteiger partial charge in [-0.25, -0.2) is 9.78 Å². The summed E-state index contributed by atoms with van der Waals surface area (Å²) in [6, 6.07) is 21.3. The average molecular weight is 441 g/mol. The maximum atomic E-state index is 12.6. The summed E-state index contributed by atoms with van der Waals surface area (Å²) < 4.78 is 5.11. The zero-order valence-corrected chi connectivity index (χ0v) is 18.0. The molecule has 4 aromatic rings. The smallest absolute Gasteiger partial charge is 0.435 e. The Kier molecular flexibility index (Phi) is 6.45. The molecule has 4 rings (SSSR count). The predicted molar refractivity (Wildman–Crippen MR) is 127 cm³/mol. The number of H-pyrrole nitrogens is 1. The van der Waals surface area contributed by atoms with Crippen molar-refractivity contribution < 1.29 is 14.3 Å². The Balaban J connectivity index is 1.38. The van der Waals surface area contributed by atoms with Gasteiger partial charge in [0.15, 0.2) is 0 Å². The van der Waals surface area contributed by atoms with Gasteiger partial charge in [-0.2, -0.15) is 4.99 Å². The third-order valence-electron chi connectivity index (χ3n) is 4.98. The fourth-order valence-corrected chi connectivity index (χ4v) is 3.22. The van der Waals surface area contributed by atoms with Gasteiger partial charge in [-0.05, 0) is 35.9 Å². The summed E-state index contributed by atoms with van der Waals surface area (Å²) in [7, 11) is 0. The molecule has 0 bridgehead atoms. The van der Waals surface area contributed by atoms with Crippen LogP contribution in [0.5, 0.6) is 0 Å². The molecular weight excluding hydrogens is 418 g/mol. The quantitative estimate of drug-likeness (QED) is 0.302. The molecule has 33 heavy (non-hydrogen) atoms. The number of fused-ring (bicyclic) bond motifs is 1. The van der Waals surface area contributed by atoms with Crippen molar-refractivity contribution in [3.63, 3.8) is 0 Å². The fraction of sp³-hybridized carbons (Fsp3) is 0.120. The van der Waals surface area contributed by atoms with Crippen LogP contribution < -0.4 is 11.1 Å². The second kappa shape index (κ2) is 9.78. The SMILES string of the molecule is CCc1nc2ccc(NC(=O)c3ccc(C(N)=NC(=O)OCc4ccccc4)cc3)cc2[nH]1. The molecule has 0 unspecified atom stereocenters. The average Bonchev–Trinajstić information content (AvgIpc) is 3.26. The number of hydrogen-bond acceptors (Lipinski definition) is 4. The van der Waals surface area contributed by atoms with Crippen LogP contribution in [0.4, 0.5) is 10.5 Å². The van der Waals surface area contributed by atoms with Crippen molar-refractivity contribution in [2.45, 2.75) is 20.0 Å². The minimum Gasteiger partial charge on any atom is -0.443 e. The minimum absolute atomic E-state index is 0.0106. The molecule has 0 aliphatic carbocycles. The van der Waals surface area contributed by atoms with E-state index in [0.717, 1.165) is 28.8 Å². The summed E-state index contributed by atoms with van der Waals surface area (Å²) in [4.78, 5) is 36.0. The van der Waals surface area contributed by atoms with E-state index in [0.29, 0.717) is 16.8 Å². The van der Waals surface area contributed by atoms with Crippen molar-refractivity contribution in [1.29, 1.82) is 0 Å². The number of nitrogens with zero attached hydrogens (tertiary/aromatic N) is 2. The molecule has 0 aliphatic heterocycles. The molecule has 0 aliphatic rings. The maximum Gasteiger partial charge on any atom is 0.435 e. The molecule has 4 N–H and O–H groups in total.